The summed E-state index contributed by atoms with van der Waals surface area (Å²) in [6.07, 6.45) is 1.42. The Morgan fingerprint density at radius 3 is 2.38 bits per heavy atom. The molecule has 3 rings (SSSR count). The highest BCUT2D eigenvalue weighted by molar-refractivity contribution is 14.1. The number of hydrogen-bond acceptors (Lipinski definition) is 2. The molecular formula is C21H21ClINO2. The predicted octanol–water partition coefficient (Wildman–Crippen LogP) is 5.30. The van der Waals surface area contributed by atoms with E-state index in [0.29, 0.717) is 36.5 Å². The number of rotatable bonds is 3. The third-order valence-corrected chi connectivity index (χ3v) is 6.51. The quantitative estimate of drug-likeness (QED) is 0.441. The summed E-state index contributed by atoms with van der Waals surface area (Å²) >= 11 is 8.17. The summed E-state index contributed by atoms with van der Waals surface area (Å²) in [6, 6.07) is 11.3. The average molecular weight is 482 g/mol. The Bertz CT molecular complexity index is 857. The number of likely N-dealkylation sites (tertiary alicyclic amines) is 1. The second-order valence-electron chi connectivity index (χ2n) is 6.88. The number of hydrogen-bond donors (Lipinski definition) is 0. The van der Waals surface area contributed by atoms with Crippen LogP contribution in [0.15, 0.2) is 36.4 Å². The fourth-order valence-corrected chi connectivity index (χ4v) is 4.10. The van der Waals surface area contributed by atoms with Crippen LogP contribution in [0.2, 0.25) is 5.02 Å². The molecule has 136 valence electrons. The first-order valence-electron chi connectivity index (χ1n) is 8.72. The van der Waals surface area contributed by atoms with Crippen LogP contribution in [0.5, 0.6) is 0 Å². The average Bonchev–Trinajstić information content (AvgIpc) is 2.63. The molecule has 1 aliphatic heterocycles. The third kappa shape index (κ3) is 4.12. The Kier molecular flexibility index (Phi) is 6.03. The molecule has 1 fully saturated rings. The van der Waals surface area contributed by atoms with Gasteiger partial charge in [0.25, 0.3) is 5.91 Å². The van der Waals surface area contributed by atoms with Gasteiger partial charge in [-0.2, -0.15) is 0 Å². The zero-order valence-electron chi connectivity index (χ0n) is 14.9. The van der Waals surface area contributed by atoms with Gasteiger partial charge in [0.15, 0.2) is 5.78 Å². The second kappa shape index (κ2) is 8.09. The smallest absolute Gasteiger partial charge is 0.253 e. The summed E-state index contributed by atoms with van der Waals surface area (Å²) in [5.74, 6) is 0.207. The minimum atomic E-state index is -0.00851. The van der Waals surface area contributed by atoms with Gasteiger partial charge in [-0.1, -0.05) is 35.4 Å². The highest BCUT2D eigenvalue weighted by Gasteiger charge is 2.29. The molecule has 0 saturated carbocycles. The van der Waals surface area contributed by atoms with Crippen molar-refractivity contribution in [3.05, 3.63) is 67.2 Å². The van der Waals surface area contributed by atoms with Gasteiger partial charge in [0.1, 0.15) is 0 Å². The van der Waals surface area contributed by atoms with E-state index in [4.69, 9.17) is 11.6 Å². The number of benzene rings is 2. The number of aryl methyl sites for hydroxylation is 2. The Labute approximate surface area is 172 Å². The van der Waals surface area contributed by atoms with Crippen LogP contribution in [0.25, 0.3) is 0 Å². The van der Waals surface area contributed by atoms with Crippen molar-refractivity contribution in [1.82, 2.24) is 4.90 Å². The van der Waals surface area contributed by atoms with Crippen molar-refractivity contribution < 1.29 is 9.59 Å². The van der Waals surface area contributed by atoms with Crippen LogP contribution in [0.3, 0.4) is 0 Å². The lowest BCUT2D eigenvalue weighted by Gasteiger charge is -2.31. The first-order chi connectivity index (χ1) is 12.4. The van der Waals surface area contributed by atoms with E-state index < -0.39 is 0 Å². The van der Waals surface area contributed by atoms with Crippen LogP contribution in [0.4, 0.5) is 0 Å². The Morgan fingerprint density at radius 2 is 1.77 bits per heavy atom. The second-order valence-corrected chi connectivity index (χ2v) is 8.45. The van der Waals surface area contributed by atoms with E-state index >= 15 is 0 Å². The lowest BCUT2D eigenvalue weighted by atomic mass is 9.87. The molecule has 0 bridgehead atoms. The van der Waals surface area contributed by atoms with E-state index in [1.165, 1.54) is 0 Å². The first-order valence-corrected chi connectivity index (χ1v) is 10.2. The van der Waals surface area contributed by atoms with Gasteiger partial charge in [-0.15, -0.1) is 0 Å². The van der Waals surface area contributed by atoms with E-state index in [0.717, 1.165) is 20.3 Å². The number of carbonyl (C=O) groups is 2. The SMILES string of the molecule is Cc1ccc(C(=O)C2CCN(C(=O)c3ccc(Cl)c(I)c3)CC2)c(C)c1. The maximum absolute atomic E-state index is 12.8. The molecule has 0 aliphatic carbocycles. The van der Waals surface area contributed by atoms with Crippen LogP contribution in [-0.4, -0.2) is 29.7 Å². The molecule has 0 atom stereocenters. The molecule has 26 heavy (non-hydrogen) atoms. The lowest BCUT2D eigenvalue weighted by Crippen LogP contribution is -2.40. The first kappa shape index (κ1) is 19.4. The summed E-state index contributed by atoms with van der Waals surface area (Å²) in [6.45, 7) is 5.24. The lowest BCUT2D eigenvalue weighted by molar-refractivity contribution is 0.0650. The van der Waals surface area contributed by atoms with Crippen molar-refractivity contribution in [3.8, 4) is 0 Å². The van der Waals surface area contributed by atoms with Crippen molar-refractivity contribution >= 4 is 45.9 Å². The van der Waals surface area contributed by atoms with E-state index in [9.17, 15) is 9.59 Å². The Hall–Kier alpha value is -1.40. The third-order valence-electron chi connectivity index (χ3n) is 4.97. The largest absolute Gasteiger partial charge is 0.339 e. The van der Waals surface area contributed by atoms with Crippen molar-refractivity contribution in [2.24, 2.45) is 5.92 Å². The minimum Gasteiger partial charge on any atom is -0.339 e. The number of ketones is 1. The molecule has 1 aliphatic rings. The number of amides is 1. The summed E-state index contributed by atoms with van der Waals surface area (Å²) in [5, 5.41) is 0.653. The van der Waals surface area contributed by atoms with Crippen LogP contribution in [0.1, 0.15) is 44.7 Å². The van der Waals surface area contributed by atoms with Crippen molar-refractivity contribution in [1.29, 1.82) is 0 Å². The maximum atomic E-state index is 12.8. The molecule has 0 unspecified atom stereocenters. The van der Waals surface area contributed by atoms with Crippen LogP contribution < -0.4 is 0 Å². The monoisotopic (exact) mass is 481 g/mol. The Morgan fingerprint density at radius 1 is 1.08 bits per heavy atom. The number of piperidine rings is 1. The van der Waals surface area contributed by atoms with E-state index in [1.54, 1.807) is 12.1 Å². The maximum Gasteiger partial charge on any atom is 0.253 e. The topological polar surface area (TPSA) is 37.4 Å². The summed E-state index contributed by atoms with van der Waals surface area (Å²) in [4.78, 5) is 27.4. The van der Waals surface area contributed by atoms with Crippen LogP contribution >= 0.6 is 34.2 Å². The molecule has 2 aromatic carbocycles. The van der Waals surface area contributed by atoms with E-state index in [1.807, 2.05) is 43.0 Å². The van der Waals surface area contributed by atoms with Crippen molar-refractivity contribution in [2.45, 2.75) is 26.7 Å². The fourth-order valence-electron chi connectivity index (χ4n) is 3.47. The summed E-state index contributed by atoms with van der Waals surface area (Å²) in [7, 11) is 0. The molecule has 2 aromatic rings. The number of Topliss-reactive ketones (excluding diaryl/α,β-unsaturated/α-hetero) is 1. The molecular weight excluding hydrogens is 461 g/mol. The molecule has 5 heteroatoms. The standard InChI is InChI=1S/C21H21ClINO2/c1-13-3-5-17(14(2)11-13)20(25)15-7-9-24(10-8-15)21(26)16-4-6-18(22)19(23)12-16/h3-6,11-12,15H,7-10H2,1-2H3. The summed E-state index contributed by atoms with van der Waals surface area (Å²) < 4.78 is 0.870. The fraction of sp³-hybridized carbons (Fsp3) is 0.333. The van der Waals surface area contributed by atoms with E-state index in [2.05, 4.69) is 22.6 Å². The van der Waals surface area contributed by atoms with Gasteiger partial charge in [0, 0.05) is 33.7 Å². The zero-order chi connectivity index (χ0) is 18.8. The molecule has 1 saturated heterocycles. The van der Waals surface area contributed by atoms with Crippen LogP contribution in [-0.2, 0) is 0 Å². The summed E-state index contributed by atoms with van der Waals surface area (Å²) in [5.41, 5.74) is 3.66. The van der Waals surface area contributed by atoms with Gasteiger partial charge < -0.3 is 4.90 Å². The van der Waals surface area contributed by atoms with Gasteiger partial charge in [0.2, 0.25) is 0 Å². The molecule has 0 aromatic heterocycles. The highest BCUT2D eigenvalue weighted by atomic mass is 127. The van der Waals surface area contributed by atoms with Crippen molar-refractivity contribution in [2.75, 3.05) is 13.1 Å². The van der Waals surface area contributed by atoms with Crippen molar-refractivity contribution in [3.63, 3.8) is 0 Å². The number of nitrogens with zero attached hydrogens (tertiary/aromatic N) is 1. The highest BCUT2D eigenvalue weighted by Crippen LogP contribution is 2.26. The van der Waals surface area contributed by atoms with Crippen LogP contribution in [0, 0.1) is 23.3 Å². The Balaban J connectivity index is 1.66. The molecule has 0 spiro atoms. The number of halogens is 2. The molecule has 1 heterocycles. The number of carbonyl (C=O) groups excluding carboxylic acids is 2. The minimum absolute atomic E-state index is 0.00851. The van der Waals surface area contributed by atoms with Gasteiger partial charge in [-0.25, -0.2) is 0 Å². The normalized spacial score (nSPS) is 15.2. The molecule has 3 nitrogen and oxygen atoms in total. The zero-order valence-corrected chi connectivity index (χ0v) is 17.8. The predicted molar refractivity (Wildman–Crippen MR) is 113 cm³/mol. The van der Waals surface area contributed by atoms with Gasteiger partial charge in [-0.3, -0.25) is 9.59 Å². The molecule has 1 amide bonds. The van der Waals surface area contributed by atoms with E-state index in [-0.39, 0.29) is 17.6 Å². The molecule has 0 N–H and O–H groups in total. The van der Waals surface area contributed by atoms with Gasteiger partial charge in [-0.05, 0) is 73.0 Å². The van der Waals surface area contributed by atoms with Gasteiger partial charge >= 0.3 is 0 Å². The van der Waals surface area contributed by atoms with Gasteiger partial charge in [0.05, 0.1) is 5.02 Å². The molecule has 0 radical (unpaired) electrons.